The Hall–Kier alpha value is -3.28. The molecule has 0 radical (unpaired) electrons. The second kappa shape index (κ2) is 11.4. The van der Waals surface area contributed by atoms with Gasteiger partial charge >= 0.3 is 12.4 Å². The summed E-state index contributed by atoms with van der Waals surface area (Å²) in [6.07, 6.45) is -9.61. The molecule has 0 unspecified atom stereocenters. The first-order chi connectivity index (χ1) is 16.2. The highest BCUT2D eigenvalue weighted by Crippen LogP contribution is 2.36. The lowest BCUT2D eigenvalue weighted by molar-refractivity contribution is -0.143. The van der Waals surface area contributed by atoms with Crippen molar-refractivity contribution in [2.24, 2.45) is 0 Å². The van der Waals surface area contributed by atoms with Crippen LogP contribution in [0.2, 0.25) is 0 Å². The smallest absolute Gasteiger partial charge is 0.382 e. The van der Waals surface area contributed by atoms with E-state index < -0.39 is 40.9 Å². The molecule has 0 spiro atoms. The Morgan fingerprint density at radius 3 is 2.03 bits per heavy atom. The molecule has 0 fully saturated rings. The quantitative estimate of drug-likeness (QED) is 0.363. The van der Waals surface area contributed by atoms with E-state index in [1.165, 1.54) is 18.2 Å². The molecule has 2 amide bonds. The lowest BCUT2D eigenvalue weighted by atomic mass is 10.0. The maximum Gasteiger partial charge on any atom is 0.416 e. The highest BCUT2D eigenvalue weighted by atomic mass is 19.4. The zero-order valence-corrected chi connectivity index (χ0v) is 19.2. The molecule has 0 bridgehead atoms. The van der Waals surface area contributed by atoms with Gasteiger partial charge in [0.1, 0.15) is 0 Å². The van der Waals surface area contributed by atoms with Gasteiger partial charge in [0.05, 0.1) is 16.7 Å². The third-order valence-electron chi connectivity index (χ3n) is 4.79. The van der Waals surface area contributed by atoms with Crippen molar-refractivity contribution >= 4 is 23.2 Å². The summed E-state index contributed by atoms with van der Waals surface area (Å²) in [7, 11) is 3.36. The van der Waals surface area contributed by atoms with E-state index >= 15 is 0 Å². The van der Waals surface area contributed by atoms with Crippen molar-refractivity contribution in [3.05, 3.63) is 58.7 Å². The Bertz CT molecular complexity index is 1020. The van der Waals surface area contributed by atoms with Gasteiger partial charge in [-0.3, -0.25) is 9.59 Å². The molecule has 0 aliphatic carbocycles. The monoisotopic (exact) mass is 505 g/mol. The number of rotatable bonds is 9. The number of carbonyl (C=O) groups is 2. The van der Waals surface area contributed by atoms with E-state index in [4.69, 9.17) is 4.74 Å². The van der Waals surface area contributed by atoms with Gasteiger partial charge in [0.2, 0.25) is 0 Å². The predicted octanol–water partition coefficient (Wildman–Crippen LogP) is 5.20. The van der Waals surface area contributed by atoms with Crippen LogP contribution in [0.3, 0.4) is 0 Å². The summed E-state index contributed by atoms with van der Waals surface area (Å²) < 4.78 is 83.8. The molecule has 0 heterocycles. The molecule has 0 saturated carbocycles. The van der Waals surface area contributed by atoms with Crippen LogP contribution in [0, 0.1) is 0 Å². The molecular formula is C23H25F6N3O3. The number of nitrogens with one attached hydrogen (secondary N) is 2. The average molecular weight is 505 g/mol. The third kappa shape index (κ3) is 7.88. The van der Waals surface area contributed by atoms with Crippen LogP contribution in [0.15, 0.2) is 36.4 Å². The van der Waals surface area contributed by atoms with Gasteiger partial charge in [-0.1, -0.05) is 0 Å². The zero-order chi connectivity index (χ0) is 26.4. The molecule has 6 nitrogen and oxygen atoms in total. The molecule has 0 saturated heterocycles. The van der Waals surface area contributed by atoms with E-state index in [-0.39, 0.29) is 17.3 Å². The lowest BCUT2D eigenvalue weighted by Crippen LogP contribution is -2.27. The van der Waals surface area contributed by atoms with E-state index in [0.29, 0.717) is 44.0 Å². The first-order valence-corrected chi connectivity index (χ1v) is 10.5. The first-order valence-electron chi connectivity index (χ1n) is 10.5. The van der Waals surface area contributed by atoms with Crippen molar-refractivity contribution in [2.75, 3.05) is 44.1 Å². The number of amides is 2. The maximum atomic E-state index is 13.1. The van der Waals surface area contributed by atoms with Gasteiger partial charge < -0.3 is 20.3 Å². The fourth-order valence-electron chi connectivity index (χ4n) is 3.09. The second-order valence-electron chi connectivity index (χ2n) is 7.68. The van der Waals surface area contributed by atoms with Crippen molar-refractivity contribution in [1.82, 2.24) is 5.32 Å². The number of alkyl halides is 6. The van der Waals surface area contributed by atoms with E-state index in [1.54, 1.807) is 19.0 Å². The lowest BCUT2D eigenvalue weighted by Gasteiger charge is -2.19. The van der Waals surface area contributed by atoms with Crippen molar-refractivity contribution in [3.63, 3.8) is 0 Å². The van der Waals surface area contributed by atoms with E-state index in [2.05, 4.69) is 10.6 Å². The van der Waals surface area contributed by atoms with Gasteiger partial charge in [-0.15, -0.1) is 0 Å². The number of nitrogens with zero attached hydrogens (tertiary/aromatic N) is 1. The Morgan fingerprint density at radius 1 is 0.914 bits per heavy atom. The molecule has 2 rings (SSSR count). The van der Waals surface area contributed by atoms with E-state index in [1.807, 2.05) is 6.92 Å². The van der Waals surface area contributed by atoms with Gasteiger partial charge in [-0.2, -0.15) is 26.3 Å². The minimum Gasteiger partial charge on any atom is -0.382 e. The number of anilines is 2. The largest absolute Gasteiger partial charge is 0.416 e. The number of ether oxygens (including phenoxy) is 1. The van der Waals surface area contributed by atoms with Gasteiger partial charge in [-0.25, -0.2) is 0 Å². The molecule has 192 valence electrons. The highest BCUT2D eigenvalue weighted by Gasteiger charge is 2.37. The van der Waals surface area contributed by atoms with Crippen LogP contribution < -0.4 is 15.5 Å². The minimum atomic E-state index is -5.09. The third-order valence-corrected chi connectivity index (χ3v) is 4.79. The van der Waals surface area contributed by atoms with Crippen LogP contribution in [0.4, 0.5) is 37.7 Å². The fourth-order valence-corrected chi connectivity index (χ4v) is 3.09. The molecule has 2 N–H and O–H groups in total. The van der Waals surface area contributed by atoms with Crippen LogP contribution in [-0.2, 0) is 17.1 Å². The fraction of sp³-hybridized carbons (Fsp3) is 0.391. The van der Waals surface area contributed by atoms with Crippen LogP contribution in [-0.4, -0.2) is 45.7 Å². The summed E-state index contributed by atoms with van der Waals surface area (Å²) in [6, 6.07) is 4.80. The van der Waals surface area contributed by atoms with Gasteiger partial charge in [-0.05, 0) is 49.7 Å². The number of halogens is 6. The Kier molecular flexibility index (Phi) is 9.13. The van der Waals surface area contributed by atoms with Crippen LogP contribution in [0.25, 0.3) is 0 Å². The Morgan fingerprint density at radius 2 is 1.51 bits per heavy atom. The van der Waals surface area contributed by atoms with Crippen molar-refractivity contribution < 1.29 is 40.7 Å². The van der Waals surface area contributed by atoms with Crippen LogP contribution in [0.1, 0.15) is 45.2 Å². The Labute approximate surface area is 198 Å². The van der Waals surface area contributed by atoms with Crippen LogP contribution in [0.5, 0.6) is 0 Å². The standard InChI is InChI=1S/C23H25F6N3O3/c1-4-35-9-5-8-30-21(34)18-13-17(6-7-19(18)32(2)3)31-20(33)14-10-15(22(24,25)26)12-16(11-14)23(27,28)29/h6-7,10-13H,4-5,8-9H2,1-3H3,(H,30,34)(H,31,33). The molecule has 0 aromatic heterocycles. The van der Waals surface area contributed by atoms with Gasteiger partial charge in [0.15, 0.2) is 0 Å². The molecule has 35 heavy (non-hydrogen) atoms. The number of hydrogen-bond donors (Lipinski definition) is 2. The average Bonchev–Trinajstić information content (AvgIpc) is 2.77. The normalized spacial score (nSPS) is 11.8. The minimum absolute atomic E-state index is 0.0195. The highest BCUT2D eigenvalue weighted by molar-refractivity contribution is 6.06. The summed E-state index contributed by atoms with van der Waals surface area (Å²) in [4.78, 5) is 26.9. The van der Waals surface area contributed by atoms with E-state index in [9.17, 15) is 35.9 Å². The number of carbonyl (C=O) groups excluding carboxylic acids is 2. The second-order valence-corrected chi connectivity index (χ2v) is 7.68. The maximum absolute atomic E-state index is 13.1. The summed E-state index contributed by atoms with van der Waals surface area (Å²) in [6.45, 7) is 3.14. The Balaban J connectivity index is 2.32. The van der Waals surface area contributed by atoms with Gasteiger partial charge in [0, 0.05) is 50.8 Å². The molecular weight excluding hydrogens is 480 g/mol. The molecule has 12 heteroatoms. The zero-order valence-electron chi connectivity index (χ0n) is 19.2. The van der Waals surface area contributed by atoms with Crippen LogP contribution >= 0.6 is 0 Å². The molecule has 2 aromatic rings. The SMILES string of the molecule is CCOCCCNC(=O)c1cc(NC(=O)c2cc(C(F)(F)F)cc(C(F)(F)F)c2)ccc1N(C)C. The predicted molar refractivity (Wildman–Crippen MR) is 119 cm³/mol. The molecule has 0 atom stereocenters. The van der Waals surface area contributed by atoms with Gasteiger partial charge in [0.25, 0.3) is 11.8 Å². The van der Waals surface area contributed by atoms with Crippen molar-refractivity contribution in [3.8, 4) is 0 Å². The summed E-state index contributed by atoms with van der Waals surface area (Å²) in [5.74, 6) is -1.66. The number of hydrogen-bond acceptors (Lipinski definition) is 4. The summed E-state index contributed by atoms with van der Waals surface area (Å²) in [5.41, 5.74) is -3.37. The van der Waals surface area contributed by atoms with E-state index in [0.717, 1.165) is 0 Å². The molecule has 2 aromatic carbocycles. The van der Waals surface area contributed by atoms with Crippen molar-refractivity contribution in [2.45, 2.75) is 25.7 Å². The summed E-state index contributed by atoms with van der Waals surface area (Å²) >= 11 is 0. The number of benzene rings is 2. The molecule has 0 aliphatic heterocycles. The van der Waals surface area contributed by atoms with Crippen molar-refractivity contribution in [1.29, 1.82) is 0 Å². The first kappa shape index (κ1) is 28.0. The molecule has 0 aliphatic rings. The summed E-state index contributed by atoms with van der Waals surface area (Å²) in [5, 5.41) is 4.97. The topological polar surface area (TPSA) is 70.7 Å².